The monoisotopic (exact) mass is 251 g/mol. The lowest BCUT2D eigenvalue weighted by Crippen LogP contribution is -2.12. The van der Waals surface area contributed by atoms with Gasteiger partial charge in [0.1, 0.15) is 5.82 Å². The van der Waals surface area contributed by atoms with E-state index in [9.17, 15) is 4.39 Å². The molecule has 1 heterocycles. The molecule has 94 valence electrons. The predicted octanol–water partition coefficient (Wildman–Crippen LogP) is 4.26. The smallest absolute Gasteiger partial charge is 0.128 e. The van der Waals surface area contributed by atoms with E-state index in [1.165, 1.54) is 6.07 Å². The Morgan fingerprint density at radius 1 is 0.737 bits per heavy atom. The molecule has 0 aliphatic rings. The van der Waals surface area contributed by atoms with Crippen molar-refractivity contribution in [3.05, 3.63) is 96.1 Å². The quantitative estimate of drug-likeness (QED) is 0.655. The van der Waals surface area contributed by atoms with Crippen LogP contribution in [0.3, 0.4) is 0 Å². The van der Waals surface area contributed by atoms with Gasteiger partial charge in [-0.1, -0.05) is 48.5 Å². The molecule has 2 heteroatoms. The van der Waals surface area contributed by atoms with Gasteiger partial charge in [-0.15, -0.1) is 0 Å². The highest BCUT2D eigenvalue weighted by Crippen LogP contribution is 2.28. The predicted molar refractivity (Wildman–Crippen MR) is 74.5 cm³/mol. The molecular formula is C17H14FN. The van der Waals surface area contributed by atoms with Gasteiger partial charge in [0.05, 0.1) is 6.04 Å². The van der Waals surface area contributed by atoms with E-state index >= 15 is 0 Å². The SMILES string of the molecule is Fc1ccccc1C(c1ccccc1)n1cccc1. The zero-order chi connectivity index (χ0) is 13.1. The van der Waals surface area contributed by atoms with Crippen molar-refractivity contribution in [3.63, 3.8) is 0 Å². The molecule has 0 aliphatic heterocycles. The van der Waals surface area contributed by atoms with Crippen LogP contribution in [0.15, 0.2) is 79.1 Å². The van der Waals surface area contributed by atoms with Crippen LogP contribution in [-0.4, -0.2) is 4.57 Å². The molecule has 2 aromatic carbocycles. The Morgan fingerprint density at radius 3 is 2.05 bits per heavy atom. The van der Waals surface area contributed by atoms with Gasteiger partial charge in [0.15, 0.2) is 0 Å². The first-order chi connectivity index (χ1) is 9.36. The van der Waals surface area contributed by atoms with Crippen molar-refractivity contribution in [3.8, 4) is 0 Å². The third-order valence-electron chi connectivity index (χ3n) is 3.24. The Morgan fingerprint density at radius 2 is 1.37 bits per heavy atom. The van der Waals surface area contributed by atoms with Gasteiger partial charge in [-0.25, -0.2) is 4.39 Å². The van der Waals surface area contributed by atoms with Crippen molar-refractivity contribution in [1.82, 2.24) is 4.57 Å². The summed E-state index contributed by atoms with van der Waals surface area (Å²) in [5.74, 6) is -0.176. The van der Waals surface area contributed by atoms with Gasteiger partial charge in [-0.2, -0.15) is 0 Å². The molecule has 0 N–H and O–H groups in total. The minimum absolute atomic E-state index is 0.127. The van der Waals surface area contributed by atoms with Crippen molar-refractivity contribution >= 4 is 0 Å². The minimum Gasteiger partial charge on any atom is -0.343 e. The van der Waals surface area contributed by atoms with E-state index in [-0.39, 0.29) is 11.9 Å². The largest absolute Gasteiger partial charge is 0.343 e. The molecule has 19 heavy (non-hydrogen) atoms. The van der Waals surface area contributed by atoms with Gasteiger partial charge in [-0.3, -0.25) is 0 Å². The summed E-state index contributed by atoms with van der Waals surface area (Å²) in [4.78, 5) is 0. The highest BCUT2D eigenvalue weighted by molar-refractivity contribution is 5.34. The van der Waals surface area contributed by atoms with Gasteiger partial charge in [0.2, 0.25) is 0 Å². The molecule has 0 saturated carbocycles. The van der Waals surface area contributed by atoms with Gasteiger partial charge in [-0.05, 0) is 23.8 Å². The summed E-state index contributed by atoms with van der Waals surface area (Å²) >= 11 is 0. The Balaban J connectivity index is 2.16. The van der Waals surface area contributed by atoms with E-state index in [1.807, 2.05) is 71.6 Å². The lowest BCUT2D eigenvalue weighted by Gasteiger charge is -2.20. The second kappa shape index (κ2) is 5.11. The molecule has 1 atom stereocenters. The minimum atomic E-state index is -0.176. The third kappa shape index (κ3) is 2.29. The maximum absolute atomic E-state index is 14.1. The summed E-state index contributed by atoms with van der Waals surface area (Å²) in [5.41, 5.74) is 1.76. The molecular weight excluding hydrogens is 237 g/mol. The fourth-order valence-corrected chi connectivity index (χ4v) is 2.36. The van der Waals surface area contributed by atoms with E-state index < -0.39 is 0 Å². The third-order valence-corrected chi connectivity index (χ3v) is 3.24. The van der Waals surface area contributed by atoms with E-state index in [2.05, 4.69) is 0 Å². The van der Waals surface area contributed by atoms with Crippen molar-refractivity contribution < 1.29 is 4.39 Å². The number of rotatable bonds is 3. The normalized spacial score (nSPS) is 12.3. The summed E-state index contributed by atoms with van der Waals surface area (Å²) in [6, 6.07) is 20.7. The first kappa shape index (κ1) is 11.7. The maximum atomic E-state index is 14.1. The molecule has 0 bridgehead atoms. The Hall–Kier alpha value is -2.35. The summed E-state index contributed by atoms with van der Waals surface area (Å²) in [5, 5.41) is 0. The Kier molecular flexibility index (Phi) is 3.15. The van der Waals surface area contributed by atoms with Crippen LogP contribution in [0.2, 0.25) is 0 Å². The zero-order valence-corrected chi connectivity index (χ0v) is 10.4. The highest BCUT2D eigenvalue weighted by Gasteiger charge is 2.18. The summed E-state index contributed by atoms with van der Waals surface area (Å²) in [6.45, 7) is 0. The number of aromatic nitrogens is 1. The molecule has 0 saturated heterocycles. The van der Waals surface area contributed by atoms with Gasteiger partial charge in [0.25, 0.3) is 0 Å². The van der Waals surface area contributed by atoms with Gasteiger partial charge >= 0.3 is 0 Å². The van der Waals surface area contributed by atoms with E-state index in [0.29, 0.717) is 5.56 Å². The first-order valence-electron chi connectivity index (χ1n) is 6.28. The van der Waals surface area contributed by atoms with Crippen molar-refractivity contribution in [1.29, 1.82) is 0 Å². The zero-order valence-electron chi connectivity index (χ0n) is 10.4. The molecule has 1 nitrogen and oxygen atoms in total. The summed E-state index contributed by atoms with van der Waals surface area (Å²) < 4.78 is 16.1. The topological polar surface area (TPSA) is 4.93 Å². The average Bonchev–Trinajstić information content (AvgIpc) is 2.96. The van der Waals surface area contributed by atoms with Crippen molar-refractivity contribution in [2.75, 3.05) is 0 Å². The van der Waals surface area contributed by atoms with Crippen LogP contribution in [0.5, 0.6) is 0 Å². The number of benzene rings is 2. The molecule has 3 aromatic rings. The molecule has 1 aromatic heterocycles. The summed E-state index contributed by atoms with van der Waals surface area (Å²) in [6.07, 6.45) is 3.92. The fourth-order valence-electron chi connectivity index (χ4n) is 2.36. The van der Waals surface area contributed by atoms with Gasteiger partial charge < -0.3 is 4.57 Å². The van der Waals surface area contributed by atoms with Crippen LogP contribution in [0.1, 0.15) is 17.2 Å². The number of nitrogens with zero attached hydrogens (tertiary/aromatic N) is 1. The van der Waals surface area contributed by atoms with Crippen LogP contribution in [0.25, 0.3) is 0 Å². The summed E-state index contributed by atoms with van der Waals surface area (Å²) in [7, 11) is 0. The Labute approximate surface area is 111 Å². The van der Waals surface area contributed by atoms with Crippen molar-refractivity contribution in [2.24, 2.45) is 0 Å². The molecule has 0 fully saturated rings. The second-order valence-corrected chi connectivity index (χ2v) is 4.46. The second-order valence-electron chi connectivity index (χ2n) is 4.46. The van der Waals surface area contributed by atoms with Crippen LogP contribution >= 0.6 is 0 Å². The first-order valence-corrected chi connectivity index (χ1v) is 6.28. The molecule has 0 amide bonds. The molecule has 3 rings (SSSR count). The molecule has 1 unspecified atom stereocenters. The molecule has 0 radical (unpaired) electrons. The Bertz CT molecular complexity index is 644. The molecule has 0 aliphatic carbocycles. The van der Waals surface area contributed by atoms with Crippen LogP contribution in [-0.2, 0) is 0 Å². The maximum Gasteiger partial charge on any atom is 0.128 e. The number of hydrogen-bond donors (Lipinski definition) is 0. The van der Waals surface area contributed by atoms with Crippen LogP contribution in [0.4, 0.5) is 4.39 Å². The van der Waals surface area contributed by atoms with Gasteiger partial charge in [0, 0.05) is 18.0 Å². The van der Waals surface area contributed by atoms with E-state index in [4.69, 9.17) is 0 Å². The average molecular weight is 251 g/mol. The lowest BCUT2D eigenvalue weighted by molar-refractivity contribution is 0.573. The standard InChI is InChI=1S/C17H14FN/c18-16-11-5-4-10-15(16)17(19-12-6-7-13-19)14-8-2-1-3-9-14/h1-13,17H. The van der Waals surface area contributed by atoms with E-state index in [0.717, 1.165) is 5.56 Å². The van der Waals surface area contributed by atoms with Crippen LogP contribution < -0.4 is 0 Å². The van der Waals surface area contributed by atoms with Crippen molar-refractivity contribution in [2.45, 2.75) is 6.04 Å². The number of halogens is 1. The number of hydrogen-bond acceptors (Lipinski definition) is 0. The lowest BCUT2D eigenvalue weighted by atomic mass is 9.98. The fraction of sp³-hybridized carbons (Fsp3) is 0.0588. The highest BCUT2D eigenvalue weighted by atomic mass is 19.1. The molecule has 0 spiro atoms. The van der Waals surface area contributed by atoms with Crippen LogP contribution in [0, 0.1) is 5.82 Å². The van der Waals surface area contributed by atoms with E-state index in [1.54, 1.807) is 6.07 Å².